The maximum Gasteiger partial charge on any atom is 0.305 e. The van der Waals surface area contributed by atoms with Crippen LogP contribution in [0.3, 0.4) is 0 Å². The maximum absolute atomic E-state index is 12.0. The Kier molecular flexibility index (Phi) is 6.34. The van der Waals surface area contributed by atoms with E-state index < -0.39 is 17.8 Å². The number of rotatable bonds is 8. The highest BCUT2D eigenvalue weighted by atomic mass is 35.5. The summed E-state index contributed by atoms with van der Waals surface area (Å²) in [4.78, 5) is 34.5. The highest BCUT2D eigenvalue weighted by Crippen LogP contribution is 2.18. The molecule has 10 nitrogen and oxygen atoms in total. The third kappa shape index (κ3) is 4.82. The molecule has 0 atom stereocenters. The lowest BCUT2D eigenvalue weighted by atomic mass is 10.3. The summed E-state index contributed by atoms with van der Waals surface area (Å²) in [5, 5.41) is 22.2. The zero-order valence-corrected chi connectivity index (χ0v) is 15.1. The first kappa shape index (κ1) is 19.4. The van der Waals surface area contributed by atoms with Crippen molar-refractivity contribution < 1.29 is 19.5 Å². The van der Waals surface area contributed by atoms with E-state index in [2.05, 4.69) is 20.8 Å². The van der Waals surface area contributed by atoms with E-state index in [1.807, 2.05) is 0 Å². The fourth-order valence-corrected chi connectivity index (χ4v) is 2.32. The lowest BCUT2D eigenvalue weighted by molar-refractivity contribution is -0.137. The number of hydrogen-bond donors (Lipinski definition) is 3. The first-order valence-electron chi connectivity index (χ1n) is 7.80. The number of aryl methyl sites for hydroxylation is 2. The van der Waals surface area contributed by atoms with Gasteiger partial charge in [-0.3, -0.25) is 23.7 Å². The summed E-state index contributed by atoms with van der Waals surface area (Å²) in [6, 6.07) is 1.49. The lowest BCUT2D eigenvalue weighted by Gasteiger charge is -2.05. The number of carbonyl (C=O) groups excluding carboxylic acids is 2. The van der Waals surface area contributed by atoms with Gasteiger partial charge >= 0.3 is 5.97 Å². The highest BCUT2D eigenvalue weighted by molar-refractivity contribution is 6.34. The molecule has 0 aromatic carbocycles. The van der Waals surface area contributed by atoms with Gasteiger partial charge in [-0.1, -0.05) is 11.6 Å². The van der Waals surface area contributed by atoms with Gasteiger partial charge < -0.3 is 15.7 Å². The molecule has 0 fully saturated rings. The van der Waals surface area contributed by atoms with Gasteiger partial charge in [-0.15, -0.1) is 0 Å². The molecule has 26 heavy (non-hydrogen) atoms. The van der Waals surface area contributed by atoms with E-state index in [0.717, 1.165) is 0 Å². The fraction of sp³-hybridized carbons (Fsp3) is 0.400. The molecule has 0 saturated heterocycles. The Balaban J connectivity index is 1.77. The van der Waals surface area contributed by atoms with E-state index >= 15 is 0 Å². The van der Waals surface area contributed by atoms with Crippen LogP contribution >= 0.6 is 11.6 Å². The summed E-state index contributed by atoms with van der Waals surface area (Å²) in [6.45, 7) is 2.32. The summed E-state index contributed by atoms with van der Waals surface area (Å²) in [6.07, 6.45) is 1.45. The van der Waals surface area contributed by atoms with Crippen LogP contribution in [0.5, 0.6) is 0 Å². The zero-order valence-electron chi connectivity index (χ0n) is 14.3. The molecular formula is C15H19ClN6O4. The second kappa shape index (κ2) is 8.48. The van der Waals surface area contributed by atoms with Crippen LogP contribution in [-0.4, -0.2) is 55.5 Å². The number of aliphatic carboxylic acids is 1. The molecule has 2 heterocycles. The summed E-state index contributed by atoms with van der Waals surface area (Å²) in [7, 11) is 1.69. The first-order chi connectivity index (χ1) is 12.3. The van der Waals surface area contributed by atoms with E-state index in [0.29, 0.717) is 10.7 Å². The van der Waals surface area contributed by atoms with Crippen LogP contribution in [0.4, 0.5) is 0 Å². The van der Waals surface area contributed by atoms with Crippen LogP contribution in [0.2, 0.25) is 5.02 Å². The Labute approximate surface area is 154 Å². The first-order valence-corrected chi connectivity index (χ1v) is 8.18. The molecule has 0 saturated carbocycles. The minimum absolute atomic E-state index is 0.0790. The van der Waals surface area contributed by atoms with Crippen molar-refractivity contribution in [1.82, 2.24) is 30.2 Å². The normalized spacial score (nSPS) is 10.6. The van der Waals surface area contributed by atoms with Crippen molar-refractivity contribution in [3.8, 4) is 0 Å². The van der Waals surface area contributed by atoms with Crippen LogP contribution < -0.4 is 10.6 Å². The van der Waals surface area contributed by atoms with Crippen molar-refractivity contribution >= 4 is 29.4 Å². The largest absolute Gasteiger partial charge is 0.481 e. The third-order valence-electron chi connectivity index (χ3n) is 3.60. The molecular weight excluding hydrogens is 364 g/mol. The van der Waals surface area contributed by atoms with Crippen LogP contribution in [-0.2, 0) is 18.4 Å². The highest BCUT2D eigenvalue weighted by Gasteiger charge is 2.17. The number of nitrogens with zero attached hydrogens (tertiary/aromatic N) is 4. The van der Waals surface area contributed by atoms with Crippen molar-refractivity contribution in [3.63, 3.8) is 0 Å². The van der Waals surface area contributed by atoms with Gasteiger partial charge in [-0.05, 0) is 13.0 Å². The Morgan fingerprint density at radius 3 is 2.42 bits per heavy atom. The molecule has 0 bridgehead atoms. The summed E-state index contributed by atoms with van der Waals surface area (Å²) < 4.78 is 2.90. The molecule has 2 rings (SSSR count). The molecule has 2 aromatic heterocycles. The Morgan fingerprint density at radius 2 is 1.85 bits per heavy atom. The van der Waals surface area contributed by atoms with Crippen molar-refractivity contribution in [2.45, 2.75) is 19.9 Å². The van der Waals surface area contributed by atoms with E-state index in [1.54, 1.807) is 14.0 Å². The number of nitrogens with one attached hydrogen (secondary N) is 2. The number of carbonyl (C=O) groups is 3. The molecule has 0 radical (unpaired) electrons. The number of carboxylic acids is 1. The van der Waals surface area contributed by atoms with Crippen molar-refractivity contribution in [1.29, 1.82) is 0 Å². The Hall–Kier alpha value is -2.88. The molecule has 3 N–H and O–H groups in total. The van der Waals surface area contributed by atoms with Gasteiger partial charge in [0, 0.05) is 26.3 Å². The summed E-state index contributed by atoms with van der Waals surface area (Å²) >= 11 is 6.04. The van der Waals surface area contributed by atoms with Gasteiger partial charge in [0.1, 0.15) is 5.69 Å². The number of aromatic nitrogens is 4. The quantitative estimate of drug-likeness (QED) is 0.559. The monoisotopic (exact) mass is 382 g/mol. The van der Waals surface area contributed by atoms with Crippen molar-refractivity contribution in [2.75, 3.05) is 13.1 Å². The molecule has 11 heteroatoms. The number of carboxylic acid groups (broad SMARTS) is 1. The standard InChI is InChI=1S/C15H19ClN6O4/c1-9-12(16)13(20-21(9)2)15(26)18-6-5-17-14(25)10-3-7-22(19-10)8-4-11(23)24/h3,7H,4-6,8H2,1-2H3,(H,17,25)(H,18,26)(H,23,24). The Bertz CT molecular complexity index is 828. The van der Waals surface area contributed by atoms with Gasteiger partial charge in [0.25, 0.3) is 11.8 Å². The molecule has 2 aromatic rings. The van der Waals surface area contributed by atoms with Gasteiger partial charge in [0.2, 0.25) is 0 Å². The molecule has 0 aliphatic heterocycles. The average molecular weight is 383 g/mol. The second-order valence-electron chi connectivity index (χ2n) is 5.49. The van der Waals surface area contributed by atoms with E-state index in [1.165, 1.54) is 21.6 Å². The van der Waals surface area contributed by atoms with Crippen LogP contribution in [0.1, 0.15) is 33.1 Å². The van der Waals surface area contributed by atoms with Crippen LogP contribution in [0.15, 0.2) is 12.3 Å². The predicted octanol–water partition coefficient (Wildman–Crippen LogP) is 0.213. The molecule has 0 unspecified atom stereocenters. The van der Waals surface area contributed by atoms with Gasteiger partial charge in [0.15, 0.2) is 5.69 Å². The molecule has 140 valence electrons. The van der Waals surface area contributed by atoms with E-state index in [-0.39, 0.29) is 37.4 Å². The van der Waals surface area contributed by atoms with E-state index in [4.69, 9.17) is 16.7 Å². The number of halogens is 1. The van der Waals surface area contributed by atoms with E-state index in [9.17, 15) is 14.4 Å². The molecule has 0 aliphatic carbocycles. The lowest BCUT2D eigenvalue weighted by Crippen LogP contribution is -2.35. The van der Waals surface area contributed by atoms with Crippen molar-refractivity contribution in [2.24, 2.45) is 7.05 Å². The summed E-state index contributed by atoms with van der Waals surface area (Å²) in [5.74, 6) is -1.78. The predicted molar refractivity (Wildman–Crippen MR) is 92.1 cm³/mol. The minimum atomic E-state index is -0.939. The topological polar surface area (TPSA) is 131 Å². The molecule has 0 aliphatic rings. The summed E-state index contributed by atoms with van der Waals surface area (Å²) in [5.41, 5.74) is 0.990. The number of amides is 2. The van der Waals surface area contributed by atoms with Gasteiger partial charge in [-0.2, -0.15) is 10.2 Å². The molecule has 2 amide bonds. The second-order valence-corrected chi connectivity index (χ2v) is 5.87. The smallest absolute Gasteiger partial charge is 0.305 e. The Morgan fingerprint density at radius 1 is 1.19 bits per heavy atom. The fourth-order valence-electron chi connectivity index (χ4n) is 2.07. The average Bonchev–Trinajstić information content (AvgIpc) is 3.17. The van der Waals surface area contributed by atoms with Crippen molar-refractivity contribution in [3.05, 3.63) is 34.4 Å². The third-order valence-corrected chi connectivity index (χ3v) is 4.05. The van der Waals surface area contributed by atoms with Gasteiger partial charge in [-0.25, -0.2) is 0 Å². The van der Waals surface area contributed by atoms with Crippen LogP contribution in [0, 0.1) is 6.92 Å². The van der Waals surface area contributed by atoms with Crippen LogP contribution in [0.25, 0.3) is 0 Å². The van der Waals surface area contributed by atoms with Gasteiger partial charge in [0.05, 0.1) is 23.7 Å². The maximum atomic E-state index is 12.0. The zero-order chi connectivity index (χ0) is 19.3. The minimum Gasteiger partial charge on any atom is -0.481 e. The molecule has 0 spiro atoms. The number of hydrogen-bond acceptors (Lipinski definition) is 5. The SMILES string of the molecule is Cc1c(Cl)c(C(=O)NCCNC(=O)c2ccn(CCC(=O)O)n2)nn1C.